The summed E-state index contributed by atoms with van der Waals surface area (Å²) in [5.74, 6) is -1.18. The molecule has 1 amide bonds. The number of para-hydroxylation sites is 1. The Morgan fingerprint density at radius 2 is 1.68 bits per heavy atom. The molecule has 98 valence electrons. The smallest absolute Gasteiger partial charge is 0.259 e. The highest BCUT2D eigenvalue weighted by Crippen LogP contribution is 2.28. The second-order valence-electron chi connectivity index (χ2n) is 4.50. The van der Waals surface area contributed by atoms with E-state index >= 15 is 0 Å². The first-order valence-corrected chi connectivity index (χ1v) is 5.88. The number of hydrogen-bond acceptors (Lipinski definition) is 3. The molecule has 0 saturated heterocycles. The molecule has 0 aromatic heterocycles. The fourth-order valence-corrected chi connectivity index (χ4v) is 1.96. The summed E-state index contributed by atoms with van der Waals surface area (Å²) in [6.45, 7) is 3.88. The van der Waals surface area contributed by atoms with Crippen LogP contribution in [-0.4, -0.2) is 16.1 Å². The molecule has 0 aliphatic rings. The monoisotopic (exact) mass is 257 g/mol. The Bertz CT molecular complexity index is 615. The first-order valence-electron chi connectivity index (χ1n) is 5.88. The average Bonchev–Trinajstić information content (AvgIpc) is 2.31. The summed E-state index contributed by atoms with van der Waals surface area (Å²) >= 11 is 0. The Morgan fingerprint density at radius 1 is 1.05 bits per heavy atom. The van der Waals surface area contributed by atoms with Crippen molar-refractivity contribution >= 4 is 11.6 Å². The highest BCUT2D eigenvalue weighted by molar-refractivity contribution is 6.06. The van der Waals surface area contributed by atoms with Gasteiger partial charge < -0.3 is 15.5 Å². The minimum Gasteiger partial charge on any atom is -0.504 e. The number of benzene rings is 2. The molecule has 0 spiro atoms. The number of phenolic OH excluding ortho intramolecular Hbond substituents is 2. The zero-order valence-electron chi connectivity index (χ0n) is 10.8. The van der Waals surface area contributed by atoms with Gasteiger partial charge in [0.25, 0.3) is 5.91 Å². The highest BCUT2D eigenvalue weighted by atomic mass is 16.3. The van der Waals surface area contributed by atoms with Gasteiger partial charge in [-0.1, -0.05) is 12.1 Å². The zero-order valence-corrected chi connectivity index (χ0v) is 10.8. The maximum Gasteiger partial charge on any atom is 0.259 e. The van der Waals surface area contributed by atoms with Crippen LogP contribution in [0.25, 0.3) is 0 Å². The maximum absolute atomic E-state index is 12.0. The lowest BCUT2D eigenvalue weighted by Gasteiger charge is -2.09. The van der Waals surface area contributed by atoms with Crippen molar-refractivity contribution in [3.05, 3.63) is 53.1 Å². The van der Waals surface area contributed by atoms with Gasteiger partial charge in [0.1, 0.15) is 0 Å². The molecule has 0 atom stereocenters. The van der Waals surface area contributed by atoms with E-state index < -0.39 is 11.7 Å². The molecule has 2 aromatic carbocycles. The topological polar surface area (TPSA) is 69.6 Å². The zero-order chi connectivity index (χ0) is 14.0. The molecule has 0 heterocycles. The standard InChI is InChI=1S/C15H15NO3/c1-9-6-10(2)8-11(7-9)16-15(19)12-4-3-5-13(17)14(12)18/h3-8,17-18H,1-2H3,(H,16,19). The van der Waals surface area contributed by atoms with Gasteiger partial charge in [-0.2, -0.15) is 0 Å². The first-order chi connectivity index (χ1) is 8.97. The van der Waals surface area contributed by atoms with E-state index in [9.17, 15) is 15.0 Å². The van der Waals surface area contributed by atoms with Crippen LogP contribution < -0.4 is 5.32 Å². The summed E-state index contributed by atoms with van der Waals surface area (Å²) < 4.78 is 0. The van der Waals surface area contributed by atoms with Crippen LogP contribution in [-0.2, 0) is 0 Å². The molecule has 4 nitrogen and oxygen atoms in total. The van der Waals surface area contributed by atoms with Gasteiger partial charge in [0.15, 0.2) is 11.5 Å². The van der Waals surface area contributed by atoms with Crippen molar-refractivity contribution in [3.8, 4) is 11.5 Å². The molecule has 2 aromatic rings. The third-order valence-electron chi connectivity index (χ3n) is 2.74. The third kappa shape index (κ3) is 2.85. The number of aryl methyl sites for hydroxylation is 2. The van der Waals surface area contributed by atoms with Crippen LogP contribution in [0, 0.1) is 13.8 Å². The number of hydrogen-bond donors (Lipinski definition) is 3. The third-order valence-corrected chi connectivity index (χ3v) is 2.74. The number of aromatic hydroxyl groups is 2. The van der Waals surface area contributed by atoms with Crippen molar-refractivity contribution < 1.29 is 15.0 Å². The normalized spacial score (nSPS) is 10.2. The van der Waals surface area contributed by atoms with Gasteiger partial charge in [0.2, 0.25) is 0 Å². The van der Waals surface area contributed by atoms with Crippen molar-refractivity contribution in [3.63, 3.8) is 0 Å². The lowest BCUT2D eigenvalue weighted by molar-refractivity contribution is 0.102. The van der Waals surface area contributed by atoms with Crippen molar-refractivity contribution in [1.29, 1.82) is 0 Å². The Labute approximate surface area is 111 Å². The second-order valence-corrected chi connectivity index (χ2v) is 4.50. The summed E-state index contributed by atoms with van der Waals surface area (Å²) in [5.41, 5.74) is 2.77. The number of carbonyl (C=O) groups excluding carboxylic acids is 1. The Balaban J connectivity index is 2.28. The van der Waals surface area contributed by atoms with Gasteiger partial charge >= 0.3 is 0 Å². The van der Waals surface area contributed by atoms with E-state index in [0.717, 1.165) is 11.1 Å². The summed E-state index contributed by atoms with van der Waals surface area (Å²) in [6.07, 6.45) is 0. The van der Waals surface area contributed by atoms with Crippen LogP contribution in [0.3, 0.4) is 0 Å². The molecule has 0 bridgehead atoms. The van der Waals surface area contributed by atoms with E-state index in [0.29, 0.717) is 5.69 Å². The van der Waals surface area contributed by atoms with E-state index in [1.807, 2.05) is 32.0 Å². The largest absolute Gasteiger partial charge is 0.504 e. The molecule has 0 saturated carbocycles. The predicted octanol–water partition coefficient (Wildman–Crippen LogP) is 2.97. The first kappa shape index (κ1) is 13.0. The number of carbonyl (C=O) groups is 1. The quantitative estimate of drug-likeness (QED) is 0.724. The van der Waals surface area contributed by atoms with Crippen LogP contribution in [0.2, 0.25) is 0 Å². The summed E-state index contributed by atoms with van der Waals surface area (Å²) in [6, 6.07) is 9.96. The second kappa shape index (κ2) is 5.02. The van der Waals surface area contributed by atoms with Crippen molar-refractivity contribution in [2.45, 2.75) is 13.8 Å². The lowest BCUT2D eigenvalue weighted by atomic mass is 10.1. The molecule has 3 N–H and O–H groups in total. The molecule has 0 aliphatic carbocycles. The molecular formula is C15H15NO3. The summed E-state index contributed by atoms with van der Waals surface area (Å²) in [5, 5.41) is 21.7. The molecule has 0 fully saturated rings. The van der Waals surface area contributed by atoms with Crippen molar-refractivity contribution in [2.75, 3.05) is 5.32 Å². The van der Waals surface area contributed by atoms with Crippen LogP contribution >= 0.6 is 0 Å². The van der Waals surface area contributed by atoms with Crippen molar-refractivity contribution in [2.24, 2.45) is 0 Å². The van der Waals surface area contributed by atoms with Gasteiger partial charge in [-0.25, -0.2) is 0 Å². The number of rotatable bonds is 2. The maximum atomic E-state index is 12.0. The van der Waals surface area contributed by atoms with Crippen LogP contribution in [0.4, 0.5) is 5.69 Å². The SMILES string of the molecule is Cc1cc(C)cc(NC(=O)c2cccc(O)c2O)c1. The molecular weight excluding hydrogens is 242 g/mol. The minimum atomic E-state index is -0.460. The van der Waals surface area contributed by atoms with Gasteiger partial charge in [0.05, 0.1) is 5.56 Å². The number of anilines is 1. The highest BCUT2D eigenvalue weighted by Gasteiger charge is 2.14. The molecule has 2 rings (SSSR count). The summed E-state index contributed by atoms with van der Waals surface area (Å²) in [7, 11) is 0. The summed E-state index contributed by atoms with van der Waals surface area (Å²) in [4.78, 5) is 12.0. The van der Waals surface area contributed by atoms with Crippen molar-refractivity contribution in [1.82, 2.24) is 0 Å². The molecule has 4 heteroatoms. The van der Waals surface area contributed by atoms with E-state index in [1.54, 1.807) is 0 Å². The number of phenols is 2. The Kier molecular flexibility index (Phi) is 3.42. The van der Waals surface area contributed by atoms with Crippen LogP contribution in [0.5, 0.6) is 11.5 Å². The van der Waals surface area contributed by atoms with Gasteiger partial charge in [-0.15, -0.1) is 0 Å². The van der Waals surface area contributed by atoms with E-state index in [2.05, 4.69) is 5.32 Å². The minimum absolute atomic E-state index is 0.0409. The number of nitrogens with one attached hydrogen (secondary N) is 1. The number of amides is 1. The van der Waals surface area contributed by atoms with Gasteiger partial charge in [-0.05, 0) is 49.2 Å². The molecule has 0 radical (unpaired) electrons. The molecule has 19 heavy (non-hydrogen) atoms. The Hall–Kier alpha value is -2.49. The molecule has 0 aliphatic heterocycles. The fourth-order valence-electron chi connectivity index (χ4n) is 1.96. The van der Waals surface area contributed by atoms with Crippen LogP contribution in [0.1, 0.15) is 21.5 Å². The van der Waals surface area contributed by atoms with E-state index in [4.69, 9.17) is 0 Å². The molecule has 0 unspecified atom stereocenters. The average molecular weight is 257 g/mol. The van der Waals surface area contributed by atoms with Gasteiger partial charge in [-0.3, -0.25) is 4.79 Å². The fraction of sp³-hybridized carbons (Fsp3) is 0.133. The predicted molar refractivity (Wildman–Crippen MR) is 73.6 cm³/mol. The van der Waals surface area contributed by atoms with Crippen LogP contribution in [0.15, 0.2) is 36.4 Å². The van der Waals surface area contributed by atoms with E-state index in [1.165, 1.54) is 18.2 Å². The van der Waals surface area contributed by atoms with Gasteiger partial charge in [0, 0.05) is 5.69 Å². The lowest BCUT2D eigenvalue weighted by Crippen LogP contribution is -2.12. The Morgan fingerprint density at radius 3 is 2.32 bits per heavy atom. The van der Waals surface area contributed by atoms with E-state index in [-0.39, 0.29) is 11.3 Å².